The number of aliphatic carboxylic acids is 1. The molecule has 0 aliphatic carbocycles. The molecule has 0 bridgehead atoms. The van der Waals surface area contributed by atoms with E-state index in [-0.39, 0.29) is 0 Å². The highest BCUT2D eigenvalue weighted by atomic mass is 35.5. The van der Waals surface area contributed by atoms with Crippen LogP contribution in [-0.2, 0) is 10.7 Å². The third-order valence-electron chi connectivity index (χ3n) is 1.39. The van der Waals surface area contributed by atoms with Crippen molar-refractivity contribution >= 4 is 17.6 Å². The van der Waals surface area contributed by atoms with Crippen molar-refractivity contribution in [2.45, 2.75) is 18.8 Å². The number of alkyl halides is 1. The number of halogens is 1. The summed E-state index contributed by atoms with van der Waals surface area (Å²) in [6.45, 7) is 1.42. The summed E-state index contributed by atoms with van der Waals surface area (Å²) < 4.78 is 0. The van der Waals surface area contributed by atoms with E-state index in [9.17, 15) is 4.79 Å². The van der Waals surface area contributed by atoms with E-state index in [0.29, 0.717) is 5.88 Å². The molecule has 0 fully saturated rings. The van der Waals surface area contributed by atoms with E-state index < -0.39 is 12.0 Å². The van der Waals surface area contributed by atoms with Crippen LogP contribution in [-0.4, -0.2) is 17.1 Å². The zero-order valence-electron chi connectivity index (χ0n) is 7.98. The van der Waals surface area contributed by atoms with Crippen LogP contribution in [0.15, 0.2) is 30.3 Å². The van der Waals surface area contributed by atoms with Crippen LogP contribution < -0.4 is 5.73 Å². The van der Waals surface area contributed by atoms with Crippen LogP contribution in [0.3, 0.4) is 0 Å². The Morgan fingerprint density at radius 2 is 1.93 bits per heavy atom. The Hall–Kier alpha value is -1.06. The molecule has 1 atom stereocenters. The number of nitrogens with two attached hydrogens (primary N) is 1. The zero-order valence-corrected chi connectivity index (χ0v) is 8.74. The van der Waals surface area contributed by atoms with Gasteiger partial charge in [0.1, 0.15) is 6.04 Å². The van der Waals surface area contributed by atoms with Gasteiger partial charge in [0.2, 0.25) is 0 Å². The van der Waals surface area contributed by atoms with Gasteiger partial charge in [-0.1, -0.05) is 30.3 Å². The molecule has 1 rings (SSSR count). The summed E-state index contributed by atoms with van der Waals surface area (Å²) in [6, 6.07) is 9.23. The molecule has 78 valence electrons. The molecule has 4 heteroatoms. The first-order valence-corrected chi connectivity index (χ1v) is 4.69. The molecule has 0 saturated heterocycles. The third kappa shape index (κ3) is 6.46. The van der Waals surface area contributed by atoms with Crippen LogP contribution in [0.2, 0.25) is 0 Å². The smallest absolute Gasteiger partial charge is 0.320 e. The molecule has 0 heterocycles. The summed E-state index contributed by atoms with van der Waals surface area (Å²) in [5.74, 6) is -0.351. The van der Waals surface area contributed by atoms with Crippen LogP contribution in [0.4, 0.5) is 0 Å². The molecule has 0 aromatic heterocycles. The SMILES string of the molecule is CC(N)C(=O)O.ClCc1ccccc1. The van der Waals surface area contributed by atoms with Gasteiger partial charge in [-0.05, 0) is 12.5 Å². The van der Waals surface area contributed by atoms with Crippen LogP contribution >= 0.6 is 11.6 Å². The van der Waals surface area contributed by atoms with E-state index >= 15 is 0 Å². The molecule has 3 nitrogen and oxygen atoms in total. The van der Waals surface area contributed by atoms with Gasteiger partial charge < -0.3 is 10.8 Å². The summed E-state index contributed by atoms with van der Waals surface area (Å²) >= 11 is 5.53. The lowest BCUT2D eigenvalue weighted by atomic mass is 10.2. The van der Waals surface area contributed by atoms with E-state index in [1.807, 2.05) is 30.3 Å². The first kappa shape index (κ1) is 12.9. The minimum Gasteiger partial charge on any atom is -0.480 e. The van der Waals surface area contributed by atoms with Crippen LogP contribution in [0.25, 0.3) is 0 Å². The van der Waals surface area contributed by atoms with Crippen molar-refractivity contribution < 1.29 is 9.90 Å². The second-order valence-electron chi connectivity index (χ2n) is 2.75. The standard InChI is InChI=1S/C7H7Cl.C3H7NO2/c8-6-7-4-2-1-3-5-7;1-2(4)3(5)6/h1-5H,6H2;2H,4H2,1H3,(H,5,6). The van der Waals surface area contributed by atoms with Crippen molar-refractivity contribution in [3.8, 4) is 0 Å². The monoisotopic (exact) mass is 215 g/mol. The Labute approximate surface area is 88.5 Å². The molecule has 0 radical (unpaired) electrons. The van der Waals surface area contributed by atoms with Gasteiger partial charge in [0.15, 0.2) is 0 Å². The van der Waals surface area contributed by atoms with Gasteiger partial charge in [0.05, 0.1) is 0 Å². The Balaban J connectivity index is 0.000000255. The van der Waals surface area contributed by atoms with Gasteiger partial charge >= 0.3 is 5.97 Å². The summed E-state index contributed by atoms with van der Waals surface area (Å²) in [6.07, 6.45) is 0. The molecule has 14 heavy (non-hydrogen) atoms. The van der Waals surface area contributed by atoms with Gasteiger partial charge in [0, 0.05) is 5.88 Å². The normalized spacial score (nSPS) is 11.1. The predicted molar refractivity (Wildman–Crippen MR) is 57.3 cm³/mol. The van der Waals surface area contributed by atoms with E-state index in [1.54, 1.807) is 0 Å². The predicted octanol–water partition coefficient (Wildman–Crippen LogP) is 1.84. The maximum absolute atomic E-state index is 9.57. The van der Waals surface area contributed by atoms with Gasteiger partial charge in [0.25, 0.3) is 0 Å². The molecular formula is C10H14ClNO2. The number of rotatable bonds is 2. The molecule has 0 aliphatic rings. The number of carboxylic acids is 1. The number of hydrogen-bond donors (Lipinski definition) is 2. The van der Waals surface area contributed by atoms with Crippen LogP contribution in [0.5, 0.6) is 0 Å². The van der Waals surface area contributed by atoms with Gasteiger partial charge in [-0.2, -0.15) is 0 Å². The number of carbonyl (C=O) groups is 1. The van der Waals surface area contributed by atoms with Crippen molar-refractivity contribution in [2.75, 3.05) is 0 Å². The summed E-state index contributed by atoms with van der Waals surface area (Å²) in [4.78, 5) is 9.57. The van der Waals surface area contributed by atoms with Crippen LogP contribution in [0.1, 0.15) is 12.5 Å². The molecule has 3 N–H and O–H groups in total. The van der Waals surface area contributed by atoms with E-state index in [2.05, 4.69) is 0 Å². The molecule has 0 spiro atoms. The van der Waals surface area contributed by atoms with Gasteiger partial charge in [-0.25, -0.2) is 0 Å². The fraction of sp³-hybridized carbons (Fsp3) is 0.300. The minimum absolute atomic E-state index is 0.612. The molecule has 0 aliphatic heterocycles. The Kier molecular flexibility index (Phi) is 6.80. The van der Waals surface area contributed by atoms with Crippen molar-refractivity contribution in [3.05, 3.63) is 35.9 Å². The Morgan fingerprint density at radius 3 is 2.14 bits per heavy atom. The van der Waals surface area contributed by atoms with E-state index in [0.717, 1.165) is 0 Å². The highest BCUT2D eigenvalue weighted by Crippen LogP contribution is 2.00. The fourth-order valence-electron chi connectivity index (χ4n) is 0.567. The molecular weight excluding hydrogens is 202 g/mol. The molecule has 0 amide bonds. The minimum atomic E-state index is -0.963. The quantitative estimate of drug-likeness (QED) is 0.740. The molecule has 1 unspecified atom stereocenters. The van der Waals surface area contributed by atoms with Crippen LogP contribution in [0, 0.1) is 0 Å². The molecule has 1 aromatic rings. The fourth-order valence-corrected chi connectivity index (χ4v) is 0.745. The first-order valence-electron chi connectivity index (χ1n) is 4.16. The Bertz CT molecular complexity index is 262. The van der Waals surface area contributed by atoms with E-state index in [1.165, 1.54) is 12.5 Å². The average Bonchev–Trinajstić information content (AvgIpc) is 2.20. The maximum atomic E-state index is 9.57. The highest BCUT2D eigenvalue weighted by molar-refractivity contribution is 6.17. The van der Waals surface area contributed by atoms with Crippen molar-refractivity contribution in [2.24, 2.45) is 5.73 Å². The number of hydrogen-bond acceptors (Lipinski definition) is 2. The molecule has 1 aromatic carbocycles. The number of benzene rings is 1. The van der Waals surface area contributed by atoms with Crippen molar-refractivity contribution in [3.63, 3.8) is 0 Å². The third-order valence-corrected chi connectivity index (χ3v) is 1.70. The van der Waals surface area contributed by atoms with Crippen molar-refractivity contribution in [1.82, 2.24) is 0 Å². The lowest BCUT2D eigenvalue weighted by Crippen LogP contribution is -2.25. The second kappa shape index (κ2) is 7.35. The Morgan fingerprint density at radius 1 is 1.50 bits per heavy atom. The lowest BCUT2D eigenvalue weighted by molar-refractivity contribution is -0.138. The summed E-state index contributed by atoms with van der Waals surface area (Å²) in [5, 5.41) is 7.87. The molecule has 0 saturated carbocycles. The largest absolute Gasteiger partial charge is 0.480 e. The topological polar surface area (TPSA) is 63.3 Å². The van der Waals surface area contributed by atoms with Crippen molar-refractivity contribution in [1.29, 1.82) is 0 Å². The van der Waals surface area contributed by atoms with E-state index in [4.69, 9.17) is 22.4 Å². The van der Waals surface area contributed by atoms with Gasteiger partial charge in [-0.3, -0.25) is 4.79 Å². The maximum Gasteiger partial charge on any atom is 0.320 e. The lowest BCUT2D eigenvalue weighted by Gasteiger charge is -1.90. The summed E-state index contributed by atoms with van der Waals surface area (Å²) in [5.41, 5.74) is 6.01. The zero-order chi connectivity index (χ0) is 11.0. The second-order valence-corrected chi connectivity index (χ2v) is 3.01. The van der Waals surface area contributed by atoms with Gasteiger partial charge in [-0.15, -0.1) is 11.6 Å². The summed E-state index contributed by atoms with van der Waals surface area (Å²) in [7, 11) is 0. The first-order chi connectivity index (χ1) is 6.57. The highest BCUT2D eigenvalue weighted by Gasteiger charge is 1.99. The number of carboxylic acid groups (broad SMARTS) is 1. The average molecular weight is 216 g/mol.